The van der Waals surface area contributed by atoms with E-state index in [1.165, 1.54) is 12.1 Å². The molecule has 2 aromatic carbocycles. The predicted molar refractivity (Wildman–Crippen MR) is 83.4 cm³/mol. The third kappa shape index (κ3) is 4.03. The summed E-state index contributed by atoms with van der Waals surface area (Å²) in [5, 5.41) is 13.7. The molecule has 0 saturated carbocycles. The summed E-state index contributed by atoms with van der Waals surface area (Å²) in [4.78, 5) is 22.3. The van der Waals surface area contributed by atoms with Crippen LogP contribution in [0.3, 0.4) is 0 Å². The molecule has 0 bridgehead atoms. The van der Waals surface area contributed by atoms with Gasteiger partial charge in [-0.25, -0.2) is 0 Å². The molecule has 0 aliphatic rings. The van der Waals surface area contributed by atoms with Gasteiger partial charge in [0.05, 0.1) is 15.5 Å². The number of nitro groups is 1. The van der Waals surface area contributed by atoms with Crippen LogP contribution in [0.1, 0.15) is 15.9 Å². The maximum atomic E-state index is 12.1. The highest BCUT2D eigenvalue weighted by atomic mass is 79.9. The molecule has 1 N–H and O–H groups in total. The molecule has 0 aliphatic carbocycles. The fourth-order valence-corrected chi connectivity index (χ4v) is 2.29. The first-order valence-corrected chi connectivity index (χ1v) is 7.11. The Labute approximate surface area is 134 Å². The largest absolute Gasteiger partial charge is 0.348 e. The molecule has 0 fully saturated rings. The molecule has 21 heavy (non-hydrogen) atoms. The Morgan fingerprint density at radius 2 is 2.05 bits per heavy atom. The van der Waals surface area contributed by atoms with Crippen LogP contribution < -0.4 is 5.32 Å². The van der Waals surface area contributed by atoms with Crippen molar-refractivity contribution in [3.63, 3.8) is 0 Å². The monoisotopic (exact) mass is 368 g/mol. The minimum Gasteiger partial charge on any atom is -0.348 e. The van der Waals surface area contributed by atoms with Crippen LogP contribution in [0.15, 0.2) is 46.9 Å². The Balaban J connectivity index is 2.09. The van der Waals surface area contributed by atoms with Gasteiger partial charge in [0.2, 0.25) is 0 Å². The topological polar surface area (TPSA) is 72.2 Å². The summed E-state index contributed by atoms with van der Waals surface area (Å²) in [5.74, 6) is -0.340. The van der Waals surface area contributed by atoms with E-state index in [0.29, 0.717) is 16.1 Å². The zero-order chi connectivity index (χ0) is 15.4. The van der Waals surface area contributed by atoms with Gasteiger partial charge in [-0.3, -0.25) is 14.9 Å². The number of rotatable bonds is 4. The Kier molecular flexibility index (Phi) is 4.93. The van der Waals surface area contributed by atoms with Crippen LogP contribution in [0, 0.1) is 10.1 Å². The van der Waals surface area contributed by atoms with Crippen molar-refractivity contribution in [1.82, 2.24) is 5.32 Å². The molecule has 0 aromatic heterocycles. The summed E-state index contributed by atoms with van der Waals surface area (Å²) < 4.78 is 0.743. The molecule has 0 unspecified atom stereocenters. The van der Waals surface area contributed by atoms with Crippen molar-refractivity contribution < 1.29 is 9.72 Å². The zero-order valence-corrected chi connectivity index (χ0v) is 13.0. The van der Waals surface area contributed by atoms with E-state index in [-0.39, 0.29) is 18.1 Å². The lowest BCUT2D eigenvalue weighted by Gasteiger charge is -2.07. The Morgan fingerprint density at radius 3 is 2.76 bits per heavy atom. The second-order valence-corrected chi connectivity index (χ2v) is 5.56. The van der Waals surface area contributed by atoms with Crippen LogP contribution in [-0.2, 0) is 6.54 Å². The van der Waals surface area contributed by atoms with Gasteiger partial charge in [0.25, 0.3) is 11.6 Å². The van der Waals surface area contributed by atoms with Crippen molar-refractivity contribution in [3.8, 4) is 0 Å². The SMILES string of the molecule is O=C(NCc1cccc([N+](=O)[O-])c1)c1cc(Br)ccc1Cl. The first kappa shape index (κ1) is 15.5. The van der Waals surface area contributed by atoms with Crippen LogP contribution in [0.25, 0.3) is 0 Å². The van der Waals surface area contributed by atoms with Crippen LogP contribution in [-0.4, -0.2) is 10.8 Å². The van der Waals surface area contributed by atoms with Crippen LogP contribution in [0.4, 0.5) is 5.69 Å². The summed E-state index contributed by atoms with van der Waals surface area (Å²) in [7, 11) is 0. The summed E-state index contributed by atoms with van der Waals surface area (Å²) in [6.45, 7) is 0.184. The van der Waals surface area contributed by atoms with E-state index in [4.69, 9.17) is 11.6 Å². The van der Waals surface area contributed by atoms with Gasteiger partial charge in [-0.15, -0.1) is 0 Å². The highest BCUT2D eigenvalue weighted by Gasteiger charge is 2.11. The molecule has 2 aromatic rings. The number of nitrogens with one attached hydrogen (secondary N) is 1. The van der Waals surface area contributed by atoms with E-state index in [2.05, 4.69) is 21.2 Å². The number of benzene rings is 2. The first-order valence-electron chi connectivity index (χ1n) is 5.94. The average Bonchev–Trinajstić information content (AvgIpc) is 2.47. The van der Waals surface area contributed by atoms with Gasteiger partial charge in [-0.1, -0.05) is 39.7 Å². The summed E-state index contributed by atoms with van der Waals surface area (Å²) in [6, 6.07) is 11.1. The Morgan fingerprint density at radius 1 is 1.29 bits per heavy atom. The number of halogens is 2. The van der Waals surface area contributed by atoms with Crippen LogP contribution in [0.5, 0.6) is 0 Å². The third-order valence-corrected chi connectivity index (χ3v) is 3.57. The predicted octanol–water partition coefficient (Wildman–Crippen LogP) is 3.94. The van der Waals surface area contributed by atoms with Gasteiger partial charge in [0, 0.05) is 23.2 Å². The van der Waals surface area contributed by atoms with Gasteiger partial charge in [0.1, 0.15) is 0 Å². The van der Waals surface area contributed by atoms with Crippen molar-refractivity contribution in [2.45, 2.75) is 6.54 Å². The van der Waals surface area contributed by atoms with Gasteiger partial charge >= 0.3 is 0 Å². The average molecular weight is 370 g/mol. The maximum Gasteiger partial charge on any atom is 0.269 e. The number of nitrogens with zero attached hydrogens (tertiary/aromatic N) is 1. The second kappa shape index (κ2) is 6.69. The standard InChI is InChI=1S/C14H10BrClN2O3/c15-10-4-5-13(16)12(7-10)14(19)17-8-9-2-1-3-11(6-9)18(20)21/h1-7H,8H2,(H,17,19). The van der Waals surface area contributed by atoms with E-state index >= 15 is 0 Å². The highest BCUT2D eigenvalue weighted by molar-refractivity contribution is 9.10. The third-order valence-electron chi connectivity index (χ3n) is 2.75. The van der Waals surface area contributed by atoms with Crippen LogP contribution >= 0.6 is 27.5 Å². The Hall–Kier alpha value is -1.92. The number of hydrogen-bond acceptors (Lipinski definition) is 3. The fourth-order valence-electron chi connectivity index (χ4n) is 1.73. The lowest BCUT2D eigenvalue weighted by molar-refractivity contribution is -0.384. The lowest BCUT2D eigenvalue weighted by Crippen LogP contribution is -2.23. The van der Waals surface area contributed by atoms with E-state index in [1.807, 2.05) is 0 Å². The quantitative estimate of drug-likeness (QED) is 0.655. The summed E-state index contributed by atoms with van der Waals surface area (Å²) in [5.41, 5.74) is 0.974. The number of non-ortho nitro benzene ring substituents is 1. The second-order valence-electron chi connectivity index (χ2n) is 4.23. The molecular formula is C14H10BrClN2O3. The maximum absolute atomic E-state index is 12.1. The molecule has 0 saturated heterocycles. The molecule has 0 aliphatic heterocycles. The molecule has 0 heterocycles. The van der Waals surface area contributed by atoms with Gasteiger partial charge in [0.15, 0.2) is 0 Å². The number of carbonyl (C=O) groups is 1. The van der Waals surface area contributed by atoms with E-state index in [0.717, 1.165) is 4.47 Å². The molecule has 0 atom stereocenters. The van der Waals surface area contributed by atoms with E-state index in [1.54, 1.807) is 30.3 Å². The number of nitro benzene ring substituents is 1. The summed E-state index contributed by atoms with van der Waals surface area (Å²) >= 11 is 9.24. The van der Waals surface area contributed by atoms with Crippen molar-refractivity contribution in [1.29, 1.82) is 0 Å². The van der Waals surface area contributed by atoms with Gasteiger partial charge < -0.3 is 5.32 Å². The lowest BCUT2D eigenvalue weighted by atomic mass is 10.2. The number of amides is 1. The molecular weight excluding hydrogens is 360 g/mol. The van der Waals surface area contributed by atoms with Gasteiger partial charge in [-0.2, -0.15) is 0 Å². The fraction of sp³-hybridized carbons (Fsp3) is 0.0714. The van der Waals surface area contributed by atoms with Crippen molar-refractivity contribution in [2.75, 3.05) is 0 Å². The van der Waals surface area contributed by atoms with E-state index < -0.39 is 4.92 Å². The van der Waals surface area contributed by atoms with E-state index in [9.17, 15) is 14.9 Å². The molecule has 2 rings (SSSR count). The highest BCUT2D eigenvalue weighted by Crippen LogP contribution is 2.21. The minimum atomic E-state index is -0.476. The molecule has 0 spiro atoms. The molecule has 5 nitrogen and oxygen atoms in total. The zero-order valence-electron chi connectivity index (χ0n) is 10.7. The smallest absolute Gasteiger partial charge is 0.269 e. The normalized spacial score (nSPS) is 10.2. The molecule has 7 heteroatoms. The minimum absolute atomic E-state index is 0.0118. The number of carbonyl (C=O) groups excluding carboxylic acids is 1. The molecule has 0 radical (unpaired) electrons. The van der Waals surface area contributed by atoms with Crippen LogP contribution in [0.2, 0.25) is 5.02 Å². The van der Waals surface area contributed by atoms with Crippen molar-refractivity contribution in [3.05, 3.63) is 73.2 Å². The van der Waals surface area contributed by atoms with Gasteiger partial charge in [-0.05, 0) is 23.8 Å². The first-order chi connectivity index (χ1) is 9.97. The summed E-state index contributed by atoms with van der Waals surface area (Å²) in [6.07, 6.45) is 0. The molecule has 1 amide bonds. The van der Waals surface area contributed by atoms with Crippen molar-refractivity contribution in [2.24, 2.45) is 0 Å². The molecule has 108 valence electrons. The Bertz CT molecular complexity index is 706. The van der Waals surface area contributed by atoms with Crippen molar-refractivity contribution >= 4 is 39.1 Å². The number of hydrogen-bond donors (Lipinski definition) is 1.